The zero-order valence-electron chi connectivity index (χ0n) is 11.2. The number of unbranched alkanes of at least 4 members (excludes halogenated alkanes) is 7. The fourth-order valence-electron chi connectivity index (χ4n) is 1.78. The summed E-state index contributed by atoms with van der Waals surface area (Å²) in [4.78, 5) is 21.2. The molecule has 18 heavy (non-hydrogen) atoms. The van der Waals surface area contributed by atoms with Gasteiger partial charge in [0.25, 0.3) is 0 Å². The average molecular weight is 256 g/mol. The molecular formula is C14H24O4. The Morgan fingerprint density at radius 1 is 0.944 bits per heavy atom. The number of carboxylic acids is 2. The first-order chi connectivity index (χ1) is 8.57. The zero-order valence-corrected chi connectivity index (χ0v) is 11.2. The highest BCUT2D eigenvalue weighted by Gasteiger charge is 2.10. The minimum Gasteiger partial charge on any atom is -0.481 e. The number of carbonyl (C=O) groups is 2. The Kier molecular flexibility index (Phi) is 10.0. The van der Waals surface area contributed by atoms with Gasteiger partial charge in [-0.1, -0.05) is 51.5 Å². The maximum Gasteiger partial charge on any atom is 0.331 e. The predicted molar refractivity (Wildman–Crippen MR) is 70.6 cm³/mol. The summed E-state index contributed by atoms with van der Waals surface area (Å²) in [5.41, 5.74) is -0.00603. The third-order valence-electron chi connectivity index (χ3n) is 2.81. The highest BCUT2D eigenvalue weighted by atomic mass is 16.4. The molecule has 104 valence electrons. The second kappa shape index (κ2) is 10.8. The highest BCUT2D eigenvalue weighted by molar-refractivity contribution is 5.91. The first kappa shape index (κ1) is 16.7. The van der Waals surface area contributed by atoms with Gasteiger partial charge in [0.1, 0.15) is 0 Å². The molecule has 0 aliphatic rings. The molecule has 2 N–H and O–H groups in total. The van der Waals surface area contributed by atoms with Gasteiger partial charge in [-0.25, -0.2) is 4.79 Å². The van der Waals surface area contributed by atoms with Crippen molar-refractivity contribution >= 4 is 11.9 Å². The quantitative estimate of drug-likeness (QED) is 0.437. The zero-order chi connectivity index (χ0) is 13.8. The van der Waals surface area contributed by atoms with E-state index in [1.807, 2.05) is 0 Å². The maximum absolute atomic E-state index is 10.7. The van der Waals surface area contributed by atoms with Crippen molar-refractivity contribution in [3.05, 3.63) is 11.6 Å². The van der Waals surface area contributed by atoms with E-state index in [4.69, 9.17) is 10.2 Å². The van der Waals surface area contributed by atoms with Crippen LogP contribution in [0.4, 0.5) is 0 Å². The molecule has 0 aromatic rings. The second-order valence-electron chi connectivity index (χ2n) is 4.52. The van der Waals surface area contributed by atoms with Crippen molar-refractivity contribution in [3.8, 4) is 0 Å². The number of hydrogen-bond acceptors (Lipinski definition) is 2. The summed E-state index contributed by atoms with van der Waals surface area (Å²) >= 11 is 0. The molecular weight excluding hydrogens is 232 g/mol. The van der Waals surface area contributed by atoms with E-state index in [2.05, 4.69) is 6.92 Å². The number of hydrogen-bond donors (Lipinski definition) is 2. The summed E-state index contributed by atoms with van der Waals surface area (Å²) in [6, 6.07) is 0. The molecule has 0 heterocycles. The Labute approximate surface area is 109 Å². The van der Waals surface area contributed by atoms with E-state index in [0.29, 0.717) is 6.42 Å². The van der Waals surface area contributed by atoms with Crippen LogP contribution in [-0.2, 0) is 9.59 Å². The third kappa shape index (κ3) is 9.87. The van der Waals surface area contributed by atoms with Gasteiger partial charge in [-0.2, -0.15) is 0 Å². The molecule has 0 saturated carbocycles. The van der Waals surface area contributed by atoms with E-state index in [1.54, 1.807) is 6.08 Å². The Balaban J connectivity index is 3.70. The largest absolute Gasteiger partial charge is 0.481 e. The van der Waals surface area contributed by atoms with Crippen LogP contribution in [0.25, 0.3) is 0 Å². The summed E-state index contributed by atoms with van der Waals surface area (Å²) < 4.78 is 0. The fraction of sp³-hybridized carbons (Fsp3) is 0.714. The predicted octanol–water partition coefficient (Wildman–Crippen LogP) is 3.61. The molecule has 0 bridgehead atoms. The van der Waals surface area contributed by atoms with E-state index in [0.717, 1.165) is 12.8 Å². The van der Waals surface area contributed by atoms with Gasteiger partial charge >= 0.3 is 11.9 Å². The van der Waals surface area contributed by atoms with Crippen LogP contribution < -0.4 is 0 Å². The molecule has 0 fully saturated rings. The lowest BCUT2D eigenvalue weighted by molar-refractivity contribution is -0.139. The Bertz CT molecular complexity index is 282. The first-order valence-corrected chi connectivity index (χ1v) is 6.72. The molecule has 0 aliphatic carbocycles. The molecule has 0 rings (SSSR count). The third-order valence-corrected chi connectivity index (χ3v) is 2.81. The van der Waals surface area contributed by atoms with Crippen molar-refractivity contribution < 1.29 is 19.8 Å². The van der Waals surface area contributed by atoms with Crippen molar-refractivity contribution in [3.63, 3.8) is 0 Å². The van der Waals surface area contributed by atoms with Crippen molar-refractivity contribution in [2.24, 2.45) is 0 Å². The van der Waals surface area contributed by atoms with Gasteiger partial charge in [-0.05, 0) is 12.8 Å². The summed E-state index contributed by atoms with van der Waals surface area (Å²) in [5, 5.41) is 17.3. The summed E-state index contributed by atoms with van der Waals surface area (Å²) in [6.45, 7) is 2.18. The van der Waals surface area contributed by atoms with Crippen LogP contribution >= 0.6 is 0 Å². The molecule has 0 spiro atoms. The SMILES string of the molecule is CCCCCCCCC/C=C(/CC(=O)O)C(=O)O. The van der Waals surface area contributed by atoms with Crippen LogP contribution in [0, 0.1) is 0 Å². The Hall–Kier alpha value is -1.32. The standard InChI is InChI=1S/C14H24O4/c1-2-3-4-5-6-7-8-9-10-12(14(17)18)11-13(15)16/h10H,2-9,11H2,1H3,(H,15,16)(H,17,18)/b12-10-. The van der Waals surface area contributed by atoms with Gasteiger partial charge in [0.05, 0.1) is 6.42 Å². The van der Waals surface area contributed by atoms with Crippen molar-refractivity contribution in [1.29, 1.82) is 0 Å². The van der Waals surface area contributed by atoms with Crippen LogP contribution in [0.15, 0.2) is 11.6 Å². The van der Waals surface area contributed by atoms with Gasteiger partial charge in [-0.15, -0.1) is 0 Å². The Morgan fingerprint density at radius 3 is 2.00 bits per heavy atom. The number of rotatable bonds is 11. The van der Waals surface area contributed by atoms with Crippen LogP contribution in [0.2, 0.25) is 0 Å². The number of allylic oxidation sites excluding steroid dienone is 1. The normalized spacial score (nSPS) is 11.5. The van der Waals surface area contributed by atoms with Gasteiger partial charge < -0.3 is 10.2 Å². The van der Waals surface area contributed by atoms with Crippen LogP contribution in [-0.4, -0.2) is 22.2 Å². The Morgan fingerprint density at radius 2 is 1.50 bits per heavy atom. The molecule has 0 aromatic carbocycles. The van der Waals surface area contributed by atoms with Gasteiger partial charge in [0.15, 0.2) is 0 Å². The minimum absolute atomic E-state index is 0.00603. The summed E-state index contributed by atoms with van der Waals surface area (Å²) in [5.74, 6) is -2.22. The van der Waals surface area contributed by atoms with Crippen LogP contribution in [0.1, 0.15) is 64.7 Å². The fourth-order valence-corrected chi connectivity index (χ4v) is 1.78. The van der Waals surface area contributed by atoms with Crippen LogP contribution in [0.3, 0.4) is 0 Å². The van der Waals surface area contributed by atoms with E-state index >= 15 is 0 Å². The molecule has 4 nitrogen and oxygen atoms in total. The smallest absolute Gasteiger partial charge is 0.331 e. The lowest BCUT2D eigenvalue weighted by Gasteiger charge is -2.01. The van der Waals surface area contributed by atoms with Gasteiger partial charge in [0, 0.05) is 5.57 Å². The molecule has 0 unspecified atom stereocenters. The number of carboxylic acid groups (broad SMARTS) is 2. The summed E-state index contributed by atoms with van der Waals surface area (Å²) in [6.07, 6.45) is 10.0. The minimum atomic E-state index is -1.12. The average Bonchev–Trinajstić information content (AvgIpc) is 2.30. The van der Waals surface area contributed by atoms with Gasteiger partial charge in [0.2, 0.25) is 0 Å². The van der Waals surface area contributed by atoms with Crippen LogP contribution in [0.5, 0.6) is 0 Å². The first-order valence-electron chi connectivity index (χ1n) is 6.72. The number of aliphatic carboxylic acids is 2. The second-order valence-corrected chi connectivity index (χ2v) is 4.52. The van der Waals surface area contributed by atoms with E-state index in [9.17, 15) is 9.59 Å². The monoisotopic (exact) mass is 256 g/mol. The molecule has 0 aromatic heterocycles. The molecule has 0 radical (unpaired) electrons. The molecule has 0 aliphatic heterocycles. The van der Waals surface area contributed by atoms with E-state index in [1.165, 1.54) is 32.1 Å². The van der Waals surface area contributed by atoms with Crippen molar-refractivity contribution in [2.75, 3.05) is 0 Å². The topological polar surface area (TPSA) is 74.6 Å². The molecule has 0 amide bonds. The molecule has 0 atom stereocenters. The lowest BCUT2D eigenvalue weighted by atomic mass is 10.1. The van der Waals surface area contributed by atoms with E-state index in [-0.39, 0.29) is 5.57 Å². The van der Waals surface area contributed by atoms with Gasteiger partial charge in [-0.3, -0.25) is 4.79 Å². The molecule has 0 saturated heterocycles. The van der Waals surface area contributed by atoms with E-state index < -0.39 is 18.4 Å². The highest BCUT2D eigenvalue weighted by Crippen LogP contribution is 2.11. The lowest BCUT2D eigenvalue weighted by Crippen LogP contribution is -2.06. The molecule has 4 heteroatoms. The van der Waals surface area contributed by atoms with Crippen molar-refractivity contribution in [1.82, 2.24) is 0 Å². The summed E-state index contributed by atoms with van der Waals surface area (Å²) in [7, 11) is 0. The van der Waals surface area contributed by atoms with Crippen molar-refractivity contribution in [2.45, 2.75) is 64.7 Å². The maximum atomic E-state index is 10.7.